The van der Waals surface area contributed by atoms with Crippen LogP contribution in [-0.2, 0) is 6.54 Å². The number of likely N-dealkylation sites (tertiary alicyclic amines) is 1. The first-order valence-electron chi connectivity index (χ1n) is 7.18. The van der Waals surface area contributed by atoms with Crippen LogP contribution in [0.3, 0.4) is 0 Å². The summed E-state index contributed by atoms with van der Waals surface area (Å²) in [6.07, 6.45) is 1.11. The topological polar surface area (TPSA) is 15.3 Å². The molecule has 1 N–H and O–H groups in total. The normalized spacial score (nSPS) is 18.9. The zero-order chi connectivity index (χ0) is 14.7. The van der Waals surface area contributed by atoms with Gasteiger partial charge in [-0.2, -0.15) is 0 Å². The molecule has 1 aliphatic heterocycles. The van der Waals surface area contributed by atoms with Crippen LogP contribution in [0.2, 0.25) is 0 Å². The summed E-state index contributed by atoms with van der Waals surface area (Å²) in [6, 6.07) is 15.7. The van der Waals surface area contributed by atoms with E-state index in [0.717, 1.165) is 36.2 Å². The number of halogens is 2. The van der Waals surface area contributed by atoms with Crippen LogP contribution in [-0.4, -0.2) is 24.0 Å². The van der Waals surface area contributed by atoms with Gasteiger partial charge in [-0.25, -0.2) is 4.39 Å². The quantitative estimate of drug-likeness (QED) is 0.887. The summed E-state index contributed by atoms with van der Waals surface area (Å²) < 4.78 is 13.9. The molecule has 0 radical (unpaired) electrons. The molecule has 1 unspecified atom stereocenters. The van der Waals surface area contributed by atoms with Gasteiger partial charge < -0.3 is 5.32 Å². The lowest BCUT2D eigenvalue weighted by atomic mass is 10.2. The minimum Gasteiger partial charge on any atom is -0.380 e. The summed E-state index contributed by atoms with van der Waals surface area (Å²) in [6.45, 7) is 3.09. The summed E-state index contributed by atoms with van der Waals surface area (Å²) in [4.78, 5) is 2.45. The van der Waals surface area contributed by atoms with E-state index in [0.29, 0.717) is 6.04 Å². The molecule has 2 nitrogen and oxygen atoms in total. The summed E-state index contributed by atoms with van der Waals surface area (Å²) >= 11 is 3.41. The number of nitrogens with one attached hydrogen (secondary N) is 1. The fourth-order valence-corrected chi connectivity index (χ4v) is 3.23. The molecule has 1 saturated heterocycles. The summed E-state index contributed by atoms with van der Waals surface area (Å²) in [5, 5.41) is 3.50. The van der Waals surface area contributed by atoms with Gasteiger partial charge in [0.25, 0.3) is 0 Å². The van der Waals surface area contributed by atoms with Crippen LogP contribution in [0.5, 0.6) is 0 Å². The Bertz CT molecular complexity index is 603. The second-order valence-electron chi connectivity index (χ2n) is 5.47. The number of nitrogens with zero attached hydrogens (tertiary/aromatic N) is 1. The summed E-state index contributed by atoms with van der Waals surface area (Å²) in [7, 11) is 0. The van der Waals surface area contributed by atoms with Gasteiger partial charge in [0.15, 0.2) is 0 Å². The van der Waals surface area contributed by atoms with Gasteiger partial charge in [0.2, 0.25) is 0 Å². The van der Waals surface area contributed by atoms with Gasteiger partial charge in [-0.05, 0) is 46.1 Å². The molecule has 1 atom stereocenters. The van der Waals surface area contributed by atoms with Crippen LogP contribution in [0.4, 0.5) is 10.1 Å². The third-order valence-electron chi connectivity index (χ3n) is 3.81. The van der Waals surface area contributed by atoms with Gasteiger partial charge in [-0.15, -0.1) is 0 Å². The van der Waals surface area contributed by atoms with Crippen molar-refractivity contribution in [3.8, 4) is 0 Å². The molecule has 0 spiro atoms. The Kier molecular flexibility index (Phi) is 4.56. The van der Waals surface area contributed by atoms with Gasteiger partial charge in [0.05, 0.1) is 0 Å². The molecule has 0 bridgehead atoms. The highest BCUT2D eigenvalue weighted by Gasteiger charge is 2.22. The maximum Gasteiger partial charge on any atom is 0.124 e. The Hall–Kier alpha value is -1.39. The van der Waals surface area contributed by atoms with Crippen molar-refractivity contribution in [3.63, 3.8) is 0 Å². The predicted octanol–water partition coefficient (Wildman–Crippen LogP) is 4.27. The first-order valence-corrected chi connectivity index (χ1v) is 7.98. The lowest BCUT2D eigenvalue weighted by Crippen LogP contribution is -2.26. The van der Waals surface area contributed by atoms with Crippen molar-refractivity contribution < 1.29 is 4.39 Å². The van der Waals surface area contributed by atoms with E-state index < -0.39 is 0 Å². The Balaban J connectivity index is 1.57. The summed E-state index contributed by atoms with van der Waals surface area (Å²) in [5.74, 6) is -0.218. The number of hydrogen-bond acceptors (Lipinski definition) is 2. The SMILES string of the molecule is Fc1ccc(NC2CCN(Cc3ccccc3)C2)c(Br)c1. The molecule has 0 aromatic heterocycles. The Morgan fingerprint density at radius 2 is 2.00 bits per heavy atom. The van der Waals surface area contributed by atoms with Crippen molar-refractivity contribution in [2.45, 2.75) is 19.0 Å². The average Bonchev–Trinajstić information content (AvgIpc) is 2.90. The third-order valence-corrected chi connectivity index (χ3v) is 4.47. The molecule has 0 saturated carbocycles. The van der Waals surface area contributed by atoms with E-state index in [1.165, 1.54) is 17.7 Å². The van der Waals surface area contributed by atoms with E-state index in [1.54, 1.807) is 6.07 Å². The first kappa shape index (κ1) is 14.5. The fourth-order valence-electron chi connectivity index (χ4n) is 2.76. The van der Waals surface area contributed by atoms with E-state index in [-0.39, 0.29) is 5.82 Å². The molecule has 2 aromatic carbocycles. The zero-order valence-electron chi connectivity index (χ0n) is 11.7. The van der Waals surface area contributed by atoms with E-state index in [4.69, 9.17) is 0 Å². The summed E-state index contributed by atoms with van der Waals surface area (Å²) in [5.41, 5.74) is 2.31. The molecular weight excluding hydrogens is 331 g/mol. The zero-order valence-corrected chi connectivity index (χ0v) is 13.3. The highest BCUT2D eigenvalue weighted by Crippen LogP contribution is 2.26. The molecule has 0 aliphatic carbocycles. The van der Waals surface area contributed by atoms with Crippen molar-refractivity contribution >= 4 is 21.6 Å². The van der Waals surface area contributed by atoms with E-state index in [9.17, 15) is 4.39 Å². The van der Waals surface area contributed by atoms with Crippen LogP contribution >= 0.6 is 15.9 Å². The second-order valence-corrected chi connectivity index (χ2v) is 6.33. The molecule has 4 heteroatoms. The molecule has 1 fully saturated rings. The van der Waals surface area contributed by atoms with Gasteiger partial charge in [0, 0.05) is 35.8 Å². The highest BCUT2D eigenvalue weighted by atomic mass is 79.9. The van der Waals surface area contributed by atoms with Crippen LogP contribution in [0.15, 0.2) is 53.0 Å². The standard InChI is InChI=1S/C17H18BrFN2/c18-16-10-14(19)6-7-17(16)20-15-8-9-21(12-15)11-13-4-2-1-3-5-13/h1-7,10,15,20H,8-9,11-12H2. The maximum absolute atomic E-state index is 13.1. The predicted molar refractivity (Wildman–Crippen MR) is 87.8 cm³/mol. The monoisotopic (exact) mass is 348 g/mol. The molecular formula is C17H18BrFN2. The van der Waals surface area contributed by atoms with Crippen LogP contribution < -0.4 is 5.32 Å². The van der Waals surface area contributed by atoms with Crippen molar-refractivity contribution in [2.75, 3.05) is 18.4 Å². The molecule has 0 amide bonds. The van der Waals surface area contributed by atoms with E-state index in [1.807, 2.05) is 6.07 Å². The molecule has 2 aromatic rings. The van der Waals surface area contributed by atoms with Gasteiger partial charge in [-0.1, -0.05) is 30.3 Å². The Labute approximate surface area is 133 Å². The number of hydrogen-bond donors (Lipinski definition) is 1. The minimum absolute atomic E-state index is 0.218. The van der Waals surface area contributed by atoms with Crippen molar-refractivity contribution in [2.24, 2.45) is 0 Å². The van der Waals surface area contributed by atoms with Crippen LogP contribution in [0, 0.1) is 5.82 Å². The fraction of sp³-hybridized carbons (Fsp3) is 0.294. The van der Waals surface area contributed by atoms with Gasteiger partial charge >= 0.3 is 0 Å². The highest BCUT2D eigenvalue weighted by molar-refractivity contribution is 9.10. The third kappa shape index (κ3) is 3.83. The Morgan fingerprint density at radius 1 is 1.19 bits per heavy atom. The second kappa shape index (κ2) is 6.58. The lowest BCUT2D eigenvalue weighted by Gasteiger charge is -2.18. The average molecular weight is 349 g/mol. The largest absolute Gasteiger partial charge is 0.380 e. The van der Waals surface area contributed by atoms with Gasteiger partial charge in [0.1, 0.15) is 5.82 Å². The molecule has 21 heavy (non-hydrogen) atoms. The van der Waals surface area contributed by atoms with Crippen LogP contribution in [0.1, 0.15) is 12.0 Å². The number of anilines is 1. The Morgan fingerprint density at radius 3 is 2.76 bits per heavy atom. The maximum atomic E-state index is 13.1. The number of benzene rings is 2. The number of rotatable bonds is 4. The lowest BCUT2D eigenvalue weighted by molar-refractivity contribution is 0.328. The van der Waals surface area contributed by atoms with Crippen molar-refractivity contribution in [1.29, 1.82) is 0 Å². The van der Waals surface area contributed by atoms with E-state index in [2.05, 4.69) is 50.4 Å². The smallest absolute Gasteiger partial charge is 0.124 e. The van der Waals surface area contributed by atoms with Gasteiger partial charge in [-0.3, -0.25) is 4.90 Å². The van der Waals surface area contributed by atoms with E-state index >= 15 is 0 Å². The van der Waals surface area contributed by atoms with Crippen LogP contribution in [0.25, 0.3) is 0 Å². The minimum atomic E-state index is -0.218. The van der Waals surface area contributed by atoms with Crippen molar-refractivity contribution in [3.05, 3.63) is 64.4 Å². The first-order chi connectivity index (χ1) is 10.2. The molecule has 110 valence electrons. The molecule has 1 aliphatic rings. The molecule has 3 rings (SSSR count). The molecule has 1 heterocycles. The van der Waals surface area contributed by atoms with Crippen molar-refractivity contribution in [1.82, 2.24) is 4.90 Å².